The molecule has 2 aromatic carbocycles. The molecular weight excluding hydrogens is 392 g/mol. The van der Waals surface area contributed by atoms with Crippen molar-refractivity contribution in [1.29, 1.82) is 0 Å². The highest BCUT2D eigenvalue weighted by Crippen LogP contribution is 2.35. The number of nitrogens with one attached hydrogen (secondary N) is 1. The van der Waals surface area contributed by atoms with Gasteiger partial charge in [0.15, 0.2) is 12.4 Å². The molecule has 1 atom stereocenters. The summed E-state index contributed by atoms with van der Waals surface area (Å²) in [5.74, 6) is -2.96. The summed E-state index contributed by atoms with van der Waals surface area (Å²) >= 11 is 0. The molecular formula is C21H18N2O7. The van der Waals surface area contributed by atoms with Gasteiger partial charge in [-0.1, -0.05) is 31.2 Å². The number of hydrogen-bond acceptors (Lipinski definition) is 7. The summed E-state index contributed by atoms with van der Waals surface area (Å²) in [4.78, 5) is 60.7. The largest absolute Gasteiger partial charge is 0.452 e. The zero-order chi connectivity index (χ0) is 22.0. The van der Waals surface area contributed by atoms with Crippen LogP contribution in [0.1, 0.15) is 62.5 Å². The van der Waals surface area contributed by atoms with Crippen molar-refractivity contribution in [2.75, 3.05) is 6.61 Å². The number of esters is 1. The molecule has 0 spiro atoms. The van der Waals surface area contributed by atoms with Crippen LogP contribution >= 0.6 is 0 Å². The van der Waals surface area contributed by atoms with E-state index < -0.39 is 51.8 Å². The van der Waals surface area contributed by atoms with E-state index in [1.165, 1.54) is 24.3 Å². The Balaban J connectivity index is 1.97. The Morgan fingerprint density at radius 1 is 1.07 bits per heavy atom. The number of nitro groups is 1. The Bertz CT molecular complexity index is 1090. The van der Waals surface area contributed by atoms with Gasteiger partial charge in [0.25, 0.3) is 11.6 Å². The average Bonchev–Trinajstić information content (AvgIpc) is 2.74. The Morgan fingerprint density at radius 2 is 1.70 bits per heavy atom. The van der Waals surface area contributed by atoms with Crippen LogP contribution in [0.25, 0.3) is 0 Å². The highest BCUT2D eigenvalue weighted by atomic mass is 16.6. The number of nitrogens with zero attached hydrogens (tertiary/aromatic N) is 1. The summed E-state index contributed by atoms with van der Waals surface area (Å²) in [6.07, 6.45) is 0.674. The average molecular weight is 410 g/mol. The Hall–Kier alpha value is -3.88. The predicted octanol–water partition coefficient (Wildman–Crippen LogP) is 2.44. The van der Waals surface area contributed by atoms with Crippen LogP contribution < -0.4 is 5.32 Å². The smallest absolute Gasteiger partial charge is 0.345 e. The van der Waals surface area contributed by atoms with Crippen molar-refractivity contribution in [2.24, 2.45) is 0 Å². The fraction of sp³-hybridized carbons (Fsp3) is 0.238. The Kier molecular flexibility index (Phi) is 5.72. The van der Waals surface area contributed by atoms with Gasteiger partial charge in [-0.2, -0.15) is 0 Å². The maximum Gasteiger partial charge on any atom is 0.345 e. The summed E-state index contributed by atoms with van der Waals surface area (Å²) in [5, 5.41) is 14.3. The number of fused-ring (bicyclic) bond motifs is 2. The standard InChI is InChI=1S/C21H18N2O7/c1-3-11(2)22-16(24)10-30-21(27)15-9-8-14-17(18(15)23(28)29)20(26)13-7-5-4-6-12(13)19(14)25/h4-9,11H,3,10H2,1-2H3,(H,22,24)/t11-/m0/s1. The molecule has 0 aromatic heterocycles. The zero-order valence-corrected chi connectivity index (χ0v) is 16.3. The van der Waals surface area contributed by atoms with Crippen molar-refractivity contribution >= 4 is 29.1 Å². The first-order valence-corrected chi connectivity index (χ1v) is 9.22. The topological polar surface area (TPSA) is 133 Å². The van der Waals surface area contributed by atoms with Crippen molar-refractivity contribution in [3.05, 3.63) is 74.3 Å². The minimum absolute atomic E-state index is 0.0246. The fourth-order valence-corrected chi connectivity index (χ4v) is 3.15. The summed E-state index contributed by atoms with van der Waals surface area (Å²) < 4.78 is 4.90. The molecule has 1 amide bonds. The number of benzene rings is 2. The van der Waals surface area contributed by atoms with E-state index in [1.807, 2.05) is 6.92 Å². The lowest BCUT2D eigenvalue weighted by Crippen LogP contribution is -2.35. The minimum atomic E-state index is -1.14. The quantitative estimate of drug-likeness (QED) is 0.375. The van der Waals surface area contributed by atoms with Crippen LogP contribution in [0.15, 0.2) is 36.4 Å². The molecule has 1 aliphatic carbocycles. The molecule has 9 nitrogen and oxygen atoms in total. The molecule has 0 unspecified atom stereocenters. The monoisotopic (exact) mass is 410 g/mol. The zero-order valence-electron chi connectivity index (χ0n) is 16.3. The summed E-state index contributed by atoms with van der Waals surface area (Å²) in [6, 6.07) is 8.10. The second kappa shape index (κ2) is 8.24. The van der Waals surface area contributed by atoms with Crippen LogP contribution in [0.2, 0.25) is 0 Å². The fourth-order valence-electron chi connectivity index (χ4n) is 3.15. The number of ether oxygens (including phenoxy) is 1. The van der Waals surface area contributed by atoms with Crippen molar-refractivity contribution < 1.29 is 28.8 Å². The maximum absolute atomic E-state index is 12.9. The van der Waals surface area contributed by atoms with Gasteiger partial charge in [-0.15, -0.1) is 0 Å². The first-order chi connectivity index (χ1) is 14.3. The van der Waals surface area contributed by atoms with Crippen LogP contribution in [0.5, 0.6) is 0 Å². The van der Waals surface area contributed by atoms with Crippen LogP contribution in [0.3, 0.4) is 0 Å². The molecule has 2 aromatic rings. The Morgan fingerprint density at radius 3 is 2.30 bits per heavy atom. The number of hydrogen-bond donors (Lipinski definition) is 1. The van der Waals surface area contributed by atoms with E-state index in [2.05, 4.69) is 5.32 Å². The molecule has 9 heteroatoms. The summed E-state index contributed by atoms with van der Waals surface area (Å²) in [6.45, 7) is 3.01. The molecule has 0 radical (unpaired) electrons. The third kappa shape index (κ3) is 3.69. The lowest BCUT2D eigenvalue weighted by atomic mass is 9.82. The number of carbonyl (C=O) groups is 4. The van der Waals surface area contributed by atoms with Crippen LogP contribution in [-0.4, -0.2) is 41.0 Å². The van der Waals surface area contributed by atoms with Crippen molar-refractivity contribution in [3.8, 4) is 0 Å². The summed E-state index contributed by atoms with van der Waals surface area (Å²) in [5.41, 5.74) is -1.76. The number of rotatable bonds is 6. The highest BCUT2D eigenvalue weighted by Gasteiger charge is 2.39. The van der Waals surface area contributed by atoms with Gasteiger partial charge in [0.2, 0.25) is 5.78 Å². The van der Waals surface area contributed by atoms with Gasteiger partial charge in [-0.25, -0.2) is 4.79 Å². The molecule has 0 saturated carbocycles. The molecule has 0 fully saturated rings. The van der Waals surface area contributed by atoms with E-state index >= 15 is 0 Å². The number of ketones is 2. The maximum atomic E-state index is 12.9. The Labute approximate surface area is 171 Å². The lowest BCUT2D eigenvalue weighted by Gasteiger charge is -2.18. The SMILES string of the molecule is CC[C@H](C)NC(=O)COC(=O)c1ccc2c(c1[N+](=O)[O-])C(=O)c1ccccc1C2=O. The van der Waals surface area contributed by atoms with Crippen molar-refractivity contribution in [2.45, 2.75) is 26.3 Å². The van der Waals surface area contributed by atoms with E-state index in [0.29, 0.717) is 6.42 Å². The normalized spacial score (nSPS) is 13.1. The van der Waals surface area contributed by atoms with Crippen LogP contribution in [0, 0.1) is 10.1 Å². The second-order valence-electron chi connectivity index (χ2n) is 6.80. The number of nitro benzene ring substituents is 1. The third-order valence-electron chi connectivity index (χ3n) is 4.82. The molecule has 0 bridgehead atoms. The van der Waals surface area contributed by atoms with Gasteiger partial charge in [-0.3, -0.25) is 24.5 Å². The molecule has 0 saturated heterocycles. The van der Waals surface area contributed by atoms with Crippen LogP contribution in [-0.2, 0) is 9.53 Å². The van der Waals surface area contributed by atoms with Gasteiger partial charge in [-0.05, 0) is 25.5 Å². The molecule has 1 N–H and O–H groups in total. The van der Waals surface area contributed by atoms with E-state index in [-0.39, 0.29) is 22.7 Å². The van der Waals surface area contributed by atoms with E-state index in [9.17, 15) is 29.3 Å². The molecule has 1 aliphatic rings. The molecule has 0 aliphatic heterocycles. The molecule has 0 heterocycles. The lowest BCUT2D eigenvalue weighted by molar-refractivity contribution is -0.385. The number of amides is 1. The van der Waals surface area contributed by atoms with E-state index in [0.717, 1.165) is 6.07 Å². The summed E-state index contributed by atoms with van der Waals surface area (Å²) in [7, 11) is 0. The second-order valence-corrected chi connectivity index (χ2v) is 6.80. The van der Waals surface area contributed by atoms with Gasteiger partial charge in [0, 0.05) is 22.7 Å². The van der Waals surface area contributed by atoms with Gasteiger partial charge < -0.3 is 10.1 Å². The van der Waals surface area contributed by atoms with Crippen LogP contribution in [0.4, 0.5) is 5.69 Å². The van der Waals surface area contributed by atoms with Gasteiger partial charge >= 0.3 is 5.97 Å². The molecule has 3 rings (SSSR count). The molecule has 154 valence electrons. The first-order valence-electron chi connectivity index (χ1n) is 9.22. The van der Waals surface area contributed by atoms with Gasteiger partial charge in [0.1, 0.15) is 11.1 Å². The van der Waals surface area contributed by atoms with Crippen molar-refractivity contribution in [3.63, 3.8) is 0 Å². The van der Waals surface area contributed by atoms with E-state index in [4.69, 9.17) is 4.74 Å². The number of carbonyl (C=O) groups excluding carboxylic acids is 4. The van der Waals surface area contributed by atoms with Crippen molar-refractivity contribution in [1.82, 2.24) is 5.32 Å². The highest BCUT2D eigenvalue weighted by molar-refractivity contribution is 6.30. The minimum Gasteiger partial charge on any atom is -0.452 e. The third-order valence-corrected chi connectivity index (χ3v) is 4.82. The predicted molar refractivity (Wildman–Crippen MR) is 105 cm³/mol. The van der Waals surface area contributed by atoms with E-state index in [1.54, 1.807) is 13.0 Å². The first kappa shape index (κ1) is 20.8. The molecule has 30 heavy (non-hydrogen) atoms. The van der Waals surface area contributed by atoms with Gasteiger partial charge in [0.05, 0.1) is 4.92 Å².